The molecule has 0 saturated heterocycles. The number of ether oxygens (including phenoxy) is 1. The largest absolute Gasteiger partial charge is 0.508 e. The van der Waals surface area contributed by atoms with Gasteiger partial charge in [0.15, 0.2) is 46.5 Å². The van der Waals surface area contributed by atoms with Crippen LogP contribution in [0.2, 0.25) is 0 Å². The fourth-order valence-corrected chi connectivity index (χ4v) is 4.71. The SMILES string of the molecule is Oc1ccc(-c2ccc(O)cc2)cc1.[N-]=[N+]=Nc1c(F)c(F)c(C(=O)O)c(F)c1F.[N-]=[N+]=Nc1c(F)c(F)c(C(=O)Oc2ccc(-c3ccc(O)cc3)cc2)c(F)c1F. The van der Waals surface area contributed by atoms with E-state index in [4.69, 9.17) is 31.1 Å². The monoisotopic (exact) mass is 824 g/mol. The molecule has 0 fully saturated rings. The number of phenols is 3. The van der Waals surface area contributed by atoms with Gasteiger partial charge in [-0.1, -0.05) is 58.8 Å². The number of aromatic hydroxyl groups is 3. The number of hydrogen-bond acceptors (Lipinski definition) is 8. The number of carbonyl (C=O) groups is 2. The number of carboxylic acids is 1. The second-order valence-electron chi connectivity index (χ2n) is 11.2. The molecule has 6 aromatic carbocycles. The summed E-state index contributed by atoms with van der Waals surface area (Å²) in [5, 5.41) is 40.7. The van der Waals surface area contributed by atoms with Gasteiger partial charge in [-0.3, -0.25) is 0 Å². The lowest BCUT2D eigenvalue weighted by Gasteiger charge is -2.10. The average Bonchev–Trinajstić information content (AvgIpc) is 3.21. The van der Waals surface area contributed by atoms with Crippen LogP contribution in [-0.2, 0) is 0 Å². The lowest BCUT2D eigenvalue weighted by atomic mass is 10.1. The van der Waals surface area contributed by atoms with Crippen LogP contribution in [0.4, 0.5) is 46.5 Å². The molecule has 0 aliphatic heterocycles. The molecular weight excluding hydrogens is 804 g/mol. The molecule has 0 aliphatic rings. The molecular formula is C38H20F8N6O7. The van der Waals surface area contributed by atoms with Crippen molar-refractivity contribution in [2.75, 3.05) is 0 Å². The molecule has 0 unspecified atom stereocenters. The maximum Gasteiger partial charge on any atom is 0.349 e. The summed E-state index contributed by atoms with van der Waals surface area (Å²) in [6.07, 6.45) is 0. The van der Waals surface area contributed by atoms with Gasteiger partial charge in [-0.2, -0.15) is 0 Å². The van der Waals surface area contributed by atoms with Gasteiger partial charge in [0.25, 0.3) is 0 Å². The minimum Gasteiger partial charge on any atom is -0.508 e. The highest BCUT2D eigenvalue weighted by molar-refractivity contribution is 5.92. The van der Waals surface area contributed by atoms with E-state index in [-0.39, 0.29) is 23.0 Å². The predicted molar refractivity (Wildman–Crippen MR) is 191 cm³/mol. The van der Waals surface area contributed by atoms with Crippen molar-refractivity contribution in [2.45, 2.75) is 0 Å². The molecule has 6 rings (SSSR count). The van der Waals surface area contributed by atoms with Crippen molar-refractivity contribution in [3.63, 3.8) is 0 Å². The molecule has 0 radical (unpaired) electrons. The third-order valence-corrected chi connectivity index (χ3v) is 7.52. The Bertz CT molecular complexity index is 2510. The van der Waals surface area contributed by atoms with Gasteiger partial charge in [-0.05, 0) is 81.8 Å². The molecule has 6 aromatic rings. The molecule has 21 heteroatoms. The second-order valence-corrected chi connectivity index (χ2v) is 11.2. The number of aromatic carboxylic acids is 1. The zero-order valence-electron chi connectivity index (χ0n) is 29.0. The first-order chi connectivity index (χ1) is 28.0. The topological polar surface area (TPSA) is 222 Å². The second kappa shape index (κ2) is 19.0. The number of azide groups is 2. The van der Waals surface area contributed by atoms with E-state index in [9.17, 15) is 49.8 Å². The highest BCUT2D eigenvalue weighted by Crippen LogP contribution is 2.33. The van der Waals surface area contributed by atoms with Gasteiger partial charge in [-0.25, -0.2) is 44.7 Å². The van der Waals surface area contributed by atoms with Gasteiger partial charge in [0.2, 0.25) is 0 Å². The molecule has 0 aromatic heterocycles. The van der Waals surface area contributed by atoms with E-state index in [0.717, 1.165) is 16.7 Å². The Hall–Kier alpha value is -8.28. The molecule has 0 spiro atoms. The van der Waals surface area contributed by atoms with E-state index in [1.807, 2.05) is 29.2 Å². The highest BCUT2D eigenvalue weighted by atomic mass is 19.2. The molecule has 4 N–H and O–H groups in total. The number of halogens is 8. The summed E-state index contributed by atoms with van der Waals surface area (Å²) >= 11 is 0. The summed E-state index contributed by atoms with van der Waals surface area (Å²) in [4.78, 5) is 26.4. The van der Waals surface area contributed by atoms with Crippen molar-refractivity contribution in [3.05, 3.63) is 176 Å². The third-order valence-electron chi connectivity index (χ3n) is 7.52. The lowest BCUT2D eigenvalue weighted by Crippen LogP contribution is -2.16. The van der Waals surface area contributed by atoms with E-state index in [0.29, 0.717) is 5.56 Å². The predicted octanol–water partition coefficient (Wildman–Crippen LogP) is 11.4. The van der Waals surface area contributed by atoms with E-state index in [2.05, 4.69) is 15.1 Å². The summed E-state index contributed by atoms with van der Waals surface area (Å²) < 4.78 is 112. The van der Waals surface area contributed by atoms with Crippen LogP contribution in [0.25, 0.3) is 43.1 Å². The summed E-state index contributed by atoms with van der Waals surface area (Å²) in [5.41, 5.74) is 13.1. The van der Waals surface area contributed by atoms with Crippen LogP contribution in [0.15, 0.2) is 107 Å². The zero-order valence-corrected chi connectivity index (χ0v) is 29.0. The van der Waals surface area contributed by atoms with E-state index in [1.165, 1.54) is 36.4 Å². The van der Waals surface area contributed by atoms with Crippen LogP contribution in [0.3, 0.4) is 0 Å². The van der Waals surface area contributed by atoms with E-state index < -0.39 is 81.0 Å². The van der Waals surface area contributed by atoms with Crippen molar-refractivity contribution < 1.29 is 69.9 Å². The van der Waals surface area contributed by atoms with Gasteiger partial charge >= 0.3 is 11.9 Å². The number of phenolic OH excluding ortho intramolecular Hbond substituents is 3. The summed E-state index contributed by atoms with van der Waals surface area (Å²) in [6.45, 7) is 0. The minimum atomic E-state index is -2.18. The van der Waals surface area contributed by atoms with Crippen molar-refractivity contribution in [1.29, 1.82) is 0 Å². The van der Waals surface area contributed by atoms with Crippen LogP contribution in [0.5, 0.6) is 23.0 Å². The maximum atomic E-state index is 14.0. The van der Waals surface area contributed by atoms with E-state index in [1.54, 1.807) is 36.4 Å². The van der Waals surface area contributed by atoms with Crippen molar-refractivity contribution >= 4 is 23.3 Å². The van der Waals surface area contributed by atoms with Gasteiger partial charge in [0.1, 0.15) is 45.5 Å². The first kappa shape index (κ1) is 43.4. The molecule has 0 bridgehead atoms. The Morgan fingerprint density at radius 2 is 0.729 bits per heavy atom. The molecule has 0 heterocycles. The number of nitrogens with zero attached hydrogens (tertiary/aromatic N) is 6. The minimum absolute atomic E-state index is 0.0781. The van der Waals surface area contributed by atoms with Gasteiger partial charge in [0.05, 0.1) is 0 Å². The Balaban J connectivity index is 0.000000216. The Morgan fingerprint density at radius 3 is 1.00 bits per heavy atom. The Labute approximate surface area is 324 Å². The molecule has 0 aliphatic carbocycles. The van der Waals surface area contributed by atoms with Gasteiger partial charge in [0, 0.05) is 9.82 Å². The quantitative estimate of drug-likeness (QED) is 0.0232. The molecule has 0 saturated carbocycles. The van der Waals surface area contributed by atoms with E-state index >= 15 is 0 Å². The fraction of sp³-hybridized carbons (Fsp3) is 0. The summed E-state index contributed by atoms with van der Waals surface area (Å²) in [6, 6.07) is 25.8. The van der Waals surface area contributed by atoms with Gasteiger partial charge < -0.3 is 25.2 Å². The summed E-state index contributed by atoms with van der Waals surface area (Å²) in [5.74, 6) is -19.9. The molecule has 0 atom stereocenters. The van der Waals surface area contributed by atoms with Gasteiger partial charge in [-0.15, -0.1) is 0 Å². The first-order valence-corrected chi connectivity index (χ1v) is 15.8. The van der Waals surface area contributed by atoms with Crippen LogP contribution in [0.1, 0.15) is 20.7 Å². The smallest absolute Gasteiger partial charge is 0.349 e. The Morgan fingerprint density at radius 1 is 0.458 bits per heavy atom. The fourth-order valence-electron chi connectivity index (χ4n) is 4.71. The first-order valence-electron chi connectivity index (χ1n) is 15.8. The van der Waals surface area contributed by atoms with Crippen molar-refractivity contribution in [1.82, 2.24) is 0 Å². The Kier molecular flexibility index (Phi) is 14.0. The van der Waals surface area contributed by atoms with Crippen LogP contribution in [-0.4, -0.2) is 32.4 Å². The number of hydrogen-bond donors (Lipinski definition) is 4. The zero-order chi connectivity index (χ0) is 43.6. The molecule has 13 nitrogen and oxygen atoms in total. The maximum absolute atomic E-state index is 14.0. The van der Waals surface area contributed by atoms with Crippen molar-refractivity contribution in [3.8, 4) is 45.3 Å². The summed E-state index contributed by atoms with van der Waals surface area (Å²) in [7, 11) is 0. The number of carbonyl (C=O) groups excluding carboxylic acids is 1. The van der Waals surface area contributed by atoms with Crippen LogP contribution >= 0.6 is 0 Å². The average molecular weight is 825 g/mol. The lowest BCUT2D eigenvalue weighted by molar-refractivity contribution is 0.0680. The number of esters is 1. The normalized spacial score (nSPS) is 10.1. The highest BCUT2D eigenvalue weighted by Gasteiger charge is 2.31. The molecule has 59 heavy (non-hydrogen) atoms. The van der Waals surface area contributed by atoms with Crippen molar-refractivity contribution in [2.24, 2.45) is 10.2 Å². The third kappa shape index (κ3) is 10.1. The molecule has 0 amide bonds. The standard InChI is InChI=1S/C19H9F4N3O3.C12H10O2.C7HF4N3O2/c20-14-13(15(21)17(23)18(16(14)22)25-26-24)19(28)29-12-7-3-10(4-8-12)9-1-5-11(27)6-2-9;13-11-5-1-9(2-6-11)10-3-7-12(14)8-4-10;8-2-1(7(15)16)3(9)5(11)6(4(2)10)13-14-12/h1-8,27H;1-8,13-14H;(H,15,16). The number of carboxylic acid groups (broad SMARTS) is 1. The molecule has 300 valence electrons. The number of rotatable bonds is 7. The number of benzene rings is 6. The van der Waals surface area contributed by atoms with Crippen LogP contribution in [0, 0.1) is 46.5 Å². The van der Waals surface area contributed by atoms with Crippen LogP contribution < -0.4 is 4.74 Å².